The molecule has 5 rings (SSSR count). The van der Waals surface area contributed by atoms with Gasteiger partial charge in [-0.25, -0.2) is 0 Å². The first-order valence-electron chi connectivity index (χ1n) is 12.1. The molecular formula is C29H29N5OS. The van der Waals surface area contributed by atoms with Gasteiger partial charge in [-0.2, -0.15) is 0 Å². The third-order valence-electron chi connectivity index (χ3n) is 6.47. The van der Waals surface area contributed by atoms with Crippen molar-refractivity contribution in [3.05, 3.63) is 114 Å². The maximum absolute atomic E-state index is 12.8. The van der Waals surface area contributed by atoms with Crippen LogP contribution in [0.25, 0.3) is 5.69 Å². The number of anilines is 1. The topological polar surface area (TPSA) is 62.2 Å². The first kappa shape index (κ1) is 23.8. The van der Waals surface area contributed by atoms with Crippen LogP contribution in [-0.4, -0.2) is 32.0 Å². The van der Waals surface area contributed by atoms with Gasteiger partial charge in [0.25, 0.3) is 0 Å². The van der Waals surface area contributed by atoms with E-state index in [-0.39, 0.29) is 18.0 Å². The molecule has 0 aliphatic carbocycles. The van der Waals surface area contributed by atoms with Gasteiger partial charge in [-0.15, -0.1) is 0 Å². The van der Waals surface area contributed by atoms with E-state index in [0.29, 0.717) is 18.1 Å². The Kier molecular flexibility index (Phi) is 6.82. The van der Waals surface area contributed by atoms with Crippen molar-refractivity contribution in [3.63, 3.8) is 0 Å². The van der Waals surface area contributed by atoms with E-state index in [4.69, 9.17) is 12.2 Å². The van der Waals surface area contributed by atoms with Crippen LogP contribution in [0.15, 0.2) is 91.3 Å². The molecule has 3 heterocycles. The highest BCUT2D eigenvalue weighted by molar-refractivity contribution is 7.80. The van der Waals surface area contributed by atoms with Crippen molar-refractivity contribution < 1.29 is 4.79 Å². The van der Waals surface area contributed by atoms with E-state index in [0.717, 1.165) is 28.3 Å². The number of hydrogen-bond acceptors (Lipinski definition) is 3. The SMILES string of the molecule is Cc1ccc(-n2cccc2[C@@H]2[C@H](c3ccccn3)NC(=S)N2CCC(=O)Nc2cccc(C)c2)cc1. The molecule has 6 nitrogen and oxygen atoms in total. The van der Waals surface area contributed by atoms with Crippen molar-refractivity contribution >= 4 is 28.9 Å². The van der Waals surface area contributed by atoms with Gasteiger partial charge in [-0.1, -0.05) is 35.9 Å². The minimum atomic E-state index is -0.141. The van der Waals surface area contributed by atoms with Crippen LogP contribution < -0.4 is 10.6 Å². The Morgan fingerprint density at radius 1 is 1.00 bits per heavy atom. The summed E-state index contributed by atoms with van der Waals surface area (Å²) in [4.78, 5) is 19.6. The summed E-state index contributed by atoms with van der Waals surface area (Å²) >= 11 is 5.79. The molecule has 2 atom stereocenters. The van der Waals surface area contributed by atoms with E-state index in [1.165, 1.54) is 5.56 Å². The highest BCUT2D eigenvalue weighted by atomic mass is 32.1. The molecule has 4 aromatic rings. The molecule has 1 saturated heterocycles. The third kappa shape index (κ3) is 5.02. The second kappa shape index (κ2) is 10.3. The van der Waals surface area contributed by atoms with Gasteiger partial charge in [0.2, 0.25) is 5.91 Å². The second-order valence-corrected chi connectivity index (χ2v) is 9.51. The van der Waals surface area contributed by atoms with Gasteiger partial charge in [-0.05, 0) is 80.2 Å². The lowest BCUT2D eigenvalue weighted by atomic mass is 10.0. The maximum atomic E-state index is 12.8. The molecule has 0 saturated carbocycles. The van der Waals surface area contributed by atoms with Crippen LogP contribution in [0.5, 0.6) is 0 Å². The predicted octanol–water partition coefficient (Wildman–Crippen LogP) is 5.49. The maximum Gasteiger partial charge on any atom is 0.226 e. The summed E-state index contributed by atoms with van der Waals surface area (Å²) in [6.07, 6.45) is 4.18. The van der Waals surface area contributed by atoms with Crippen molar-refractivity contribution in [3.8, 4) is 5.69 Å². The number of amides is 1. The fourth-order valence-corrected chi connectivity index (χ4v) is 5.04. The van der Waals surface area contributed by atoms with E-state index in [1.54, 1.807) is 6.20 Å². The van der Waals surface area contributed by atoms with Crippen LogP contribution in [0, 0.1) is 13.8 Å². The molecule has 1 aliphatic rings. The number of aromatic nitrogens is 2. The molecule has 1 aliphatic heterocycles. The molecule has 0 radical (unpaired) electrons. The Hall–Kier alpha value is -3.97. The zero-order valence-electron chi connectivity index (χ0n) is 20.4. The minimum absolute atomic E-state index is 0.0441. The van der Waals surface area contributed by atoms with Crippen molar-refractivity contribution in [2.75, 3.05) is 11.9 Å². The number of hydrogen-bond donors (Lipinski definition) is 2. The number of nitrogens with zero attached hydrogens (tertiary/aromatic N) is 3. The Morgan fingerprint density at radius 2 is 1.83 bits per heavy atom. The molecule has 0 unspecified atom stereocenters. The van der Waals surface area contributed by atoms with Crippen LogP contribution in [0.2, 0.25) is 0 Å². The van der Waals surface area contributed by atoms with Gasteiger partial charge in [0.15, 0.2) is 5.11 Å². The van der Waals surface area contributed by atoms with Crippen LogP contribution in [0.3, 0.4) is 0 Å². The Labute approximate surface area is 217 Å². The molecule has 1 fully saturated rings. The molecule has 2 N–H and O–H groups in total. The number of carbonyl (C=O) groups excluding carboxylic acids is 1. The largest absolute Gasteiger partial charge is 0.352 e. The van der Waals surface area contributed by atoms with Gasteiger partial charge < -0.3 is 20.1 Å². The lowest BCUT2D eigenvalue weighted by Crippen LogP contribution is -2.33. The van der Waals surface area contributed by atoms with Crippen molar-refractivity contribution in [1.29, 1.82) is 0 Å². The second-order valence-electron chi connectivity index (χ2n) is 9.13. The predicted molar refractivity (Wildman–Crippen MR) is 147 cm³/mol. The fraction of sp³-hybridized carbons (Fsp3) is 0.207. The van der Waals surface area contributed by atoms with Crippen LogP contribution in [0.1, 0.15) is 41.0 Å². The third-order valence-corrected chi connectivity index (χ3v) is 6.83. The van der Waals surface area contributed by atoms with E-state index >= 15 is 0 Å². The standard InChI is InChI=1S/C29H29N5OS/c1-20-11-13-23(14-12-20)33-17-6-10-25(33)28-27(24-9-3-4-16-30-24)32-29(36)34(28)18-15-26(35)31-22-8-5-7-21(2)19-22/h3-14,16-17,19,27-28H,15,18H2,1-2H3,(H,31,35)(H,32,36)/t27-,28+/m0/s1. The molecule has 2 aromatic heterocycles. The Balaban J connectivity index is 1.44. The summed E-state index contributed by atoms with van der Waals surface area (Å²) in [7, 11) is 0. The highest BCUT2D eigenvalue weighted by Crippen LogP contribution is 2.39. The number of benzene rings is 2. The number of aryl methyl sites for hydroxylation is 2. The monoisotopic (exact) mass is 495 g/mol. The van der Waals surface area contributed by atoms with Crippen LogP contribution >= 0.6 is 12.2 Å². The Bertz CT molecular complexity index is 1370. The summed E-state index contributed by atoms with van der Waals surface area (Å²) in [5.74, 6) is -0.0441. The summed E-state index contributed by atoms with van der Waals surface area (Å²) in [6, 6.07) is 26.1. The summed E-state index contributed by atoms with van der Waals surface area (Å²) in [6.45, 7) is 4.58. The average Bonchev–Trinajstić information content (AvgIpc) is 3.48. The number of rotatable bonds is 7. The zero-order valence-corrected chi connectivity index (χ0v) is 21.2. The first-order valence-corrected chi connectivity index (χ1v) is 12.5. The van der Waals surface area contributed by atoms with Gasteiger partial charge >= 0.3 is 0 Å². The van der Waals surface area contributed by atoms with Gasteiger partial charge in [-0.3, -0.25) is 9.78 Å². The quantitative estimate of drug-likeness (QED) is 0.332. The number of pyridine rings is 1. The molecule has 0 spiro atoms. The number of thiocarbonyl (C=S) groups is 1. The molecule has 182 valence electrons. The molecule has 2 aromatic carbocycles. The fourth-order valence-electron chi connectivity index (χ4n) is 4.71. The van der Waals surface area contributed by atoms with Crippen molar-refractivity contribution in [2.24, 2.45) is 0 Å². The van der Waals surface area contributed by atoms with Crippen molar-refractivity contribution in [1.82, 2.24) is 19.8 Å². The molecule has 0 bridgehead atoms. The zero-order chi connectivity index (χ0) is 25.1. The lowest BCUT2D eigenvalue weighted by Gasteiger charge is -2.29. The highest BCUT2D eigenvalue weighted by Gasteiger charge is 2.41. The van der Waals surface area contributed by atoms with Crippen LogP contribution in [-0.2, 0) is 4.79 Å². The molecule has 7 heteroatoms. The summed E-state index contributed by atoms with van der Waals surface area (Å²) in [5.41, 5.74) is 6.19. The minimum Gasteiger partial charge on any atom is -0.352 e. The summed E-state index contributed by atoms with van der Waals surface area (Å²) in [5, 5.41) is 7.11. The van der Waals surface area contributed by atoms with Gasteiger partial charge in [0, 0.05) is 42.4 Å². The van der Waals surface area contributed by atoms with Crippen LogP contribution in [0.4, 0.5) is 5.69 Å². The normalized spacial score (nSPS) is 17.2. The molecule has 36 heavy (non-hydrogen) atoms. The number of carbonyl (C=O) groups is 1. The summed E-state index contributed by atoms with van der Waals surface area (Å²) < 4.78 is 2.19. The molecular weight excluding hydrogens is 466 g/mol. The van der Waals surface area contributed by atoms with E-state index in [9.17, 15) is 4.79 Å². The number of nitrogens with one attached hydrogen (secondary N) is 2. The van der Waals surface area contributed by atoms with E-state index < -0.39 is 0 Å². The van der Waals surface area contributed by atoms with Crippen molar-refractivity contribution in [2.45, 2.75) is 32.4 Å². The lowest BCUT2D eigenvalue weighted by molar-refractivity contribution is -0.116. The van der Waals surface area contributed by atoms with Gasteiger partial charge in [0.05, 0.1) is 17.8 Å². The molecule has 1 amide bonds. The smallest absolute Gasteiger partial charge is 0.226 e. The van der Waals surface area contributed by atoms with E-state index in [2.05, 4.69) is 74.6 Å². The first-order chi connectivity index (χ1) is 17.5. The van der Waals surface area contributed by atoms with E-state index in [1.807, 2.05) is 49.4 Å². The average molecular weight is 496 g/mol. The Morgan fingerprint density at radius 3 is 2.58 bits per heavy atom. The van der Waals surface area contributed by atoms with Gasteiger partial charge in [0.1, 0.15) is 0 Å².